The molecule has 0 saturated heterocycles. The molecule has 19 heavy (non-hydrogen) atoms. The molecule has 0 fully saturated rings. The summed E-state index contributed by atoms with van der Waals surface area (Å²) in [4.78, 5) is 13.7. The summed E-state index contributed by atoms with van der Waals surface area (Å²) in [6, 6.07) is 7.62. The Morgan fingerprint density at radius 1 is 1.42 bits per heavy atom. The van der Waals surface area contributed by atoms with Crippen LogP contribution in [0.4, 0.5) is 0 Å². The minimum Gasteiger partial charge on any atom is -0.481 e. The molecule has 0 aliphatic carbocycles. The number of benzene rings is 1. The summed E-state index contributed by atoms with van der Waals surface area (Å²) in [7, 11) is 1.72. The smallest absolute Gasteiger partial charge is 0.263 e. The highest BCUT2D eigenvalue weighted by atomic mass is 16.5. The summed E-state index contributed by atoms with van der Waals surface area (Å²) in [5.74, 6) is 0.618. The van der Waals surface area contributed by atoms with E-state index in [9.17, 15) is 9.90 Å². The van der Waals surface area contributed by atoms with Gasteiger partial charge >= 0.3 is 0 Å². The first-order valence-electron chi connectivity index (χ1n) is 6.56. The molecule has 0 aromatic heterocycles. The Morgan fingerprint density at radius 2 is 2.11 bits per heavy atom. The fourth-order valence-electron chi connectivity index (χ4n) is 1.74. The van der Waals surface area contributed by atoms with Gasteiger partial charge in [0.15, 0.2) is 6.10 Å². The van der Waals surface area contributed by atoms with Crippen LogP contribution in [0.15, 0.2) is 24.3 Å². The number of hydrogen-bond acceptors (Lipinski definition) is 3. The van der Waals surface area contributed by atoms with E-state index in [4.69, 9.17) is 4.74 Å². The molecule has 1 aromatic rings. The molecule has 0 saturated carbocycles. The topological polar surface area (TPSA) is 49.8 Å². The Kier molecular flexibility index (Phi) is 5.83. The third kappa shape index (κ3) is 5.30. The summed E-state index contributed by atoms with van der Waals surface area (Å²) >= 11 is 0. The van der Waals surface area contributed by atoms with E-state index in [1.807, 2.05) is 31.2 Å². The zero-order valence-corrected chi connectivity index (χ0v) is 12.1. The van der Waals surface area contributed by atoms with Crippen LogP contribution in [0.2, 0.25) is 0 Å². The van der Waals surface area contributed by atoms with Gasteiger partial charge in [0, 0.05) is 13.6 Å². The van der Waals surface area contributed by atoms with Crippen LogP contribution in [-0.2, 0) is 4.79 Å². The Hall–Kier alpha value is -1.55. The maximum absolute atomic E-state index is 12.1. The van der Waals surface area contributed by atoms with Crippen LogP contribution in [0.1, 0.15) is 25.8 Å². The van der Waals surface area contributed by atoms with Crippen LogP contribution in [0, 0.1) is 6.92 Å². The maximum atomic E-state index is 12.1. The van der Waals surface area contributed by atoms with Gasteiger partial charge in [0.1, 0.15) is 5.75 Å². The van der Waals surface area contributed by atoms with Crippen molar-refractivity contribution in [3.8, 4) is 5.75 Å². The molecule has 4 nitrogen and oxygen atoms in total. The summed E-state index contributed by atoms with van der Waals surface area (Å²) in [5, 5.41) is 9.22. The van der Waals surface area contributed by atoms with E-state index in [1.54, 1.807) is 25.8 Å². The van der Waals surface area contributed by atoms with E-state index < -0.39 is 12.2 Å². The fraction of sp³-hybridized carbons (Fsp3) is 0.533. The van der Waals surface area contributed by atoms with Gasteiger partial charge in [-0.2, -0.15) is 0 Å². The highest BCUT2D eigenvalue weighted by molar-refractivity contribution is 5.80. The van der Waals surface area contributed by atoms with Crippen molar-refractivity contribution in [2.24, 2.45) is 0 Å². The van der Waals surface area contributed by atoms with Crippen molar-refractivity contribution in [1.29, 1.82) is 0 Å². The lowest BCUT2D eigenvalue weighted by molar-refractivity contribution is -0.136. The zero-order valence-electron chi connectivity index (χ0n) is 12.1. The first-order chi connectivity index (χ1) is 8.90. The molecule has 0 spiro atoms. The van der Waals surface area contributed by atoms with E-state index in [-0.39, 0.29) is 5.91 Å². The van der Waals surface area contributed by atoms with Gasteiger partial charge in [-0.05, 0) is 44.9 Å². The molecule has 0 bridgehead atoms. The Bertz CT molecular complexity index is 418. The van der Waals surface area contributed by atoms with Crippen molar-refractivity contribution < 1.29 is 14.6 Å². The average molecular weight is 265 g/mol. The predicted octanol–water partition coefficient (Wildman–Crippen LogP) is 1.99. The van der Waals surface area contributed by atoms with Crippen molar-refractivity contribution in [2.45, 2.75) is 39.4 Å². The summed E-state index contributed by atoms with van der Waals surface area (Å²) in [5.41, 5.74) is 1.10. The lowest BCUT2D eigenvalue weighted by Gasteiger charge is -2.22. The minimum absolute atomic E-state index is 0.0813. The van der Waals surface area contributed by atoms with E-state index in [2.05, 4.69) is 0 Å². The zero-order chi connectivity index (χ0) is 14.4. The first kappa shape index (κ1) is 15.5. The summed E-state index contributed by atoms with van der Waals surface area (Å²) < 4.78 is 5.63. The second-order valence-corrected chi connectivity index (χ2v) is 4.97. The van der Waals surface area contributed by atoms with E-state index in [0.717, 1.165) is 5.56 Å². The monoisotopic (exact) mass is 265 g/mol. The first-order valence-corrected chi connectivity index (χ1v) is 6.56. The van der Waals surface area contributed by atoms with Gasteiger partial charge in [0.25, 0.3) is 5.91 Å². The Balaban J connectivity index is 2.52. The van der Waals surface area contributed by atoms with Crippen LogP contribution < -0.4 is 4.74 Å². The van der Waals surface area contributed by atoms with Crippen molar-refractivity contribution in [3.05, 3.63) is 29.8 Å². The van der Waals surface area contributed by atoms with Crippen LogP contribution in [-0.4, -0.2) is 41.7 Å². The predicted molar refractivity (Wildman–Crippen MR) is 75.2 cm³/mol. The number of aryl methyl sites for hydroxylation is 1. The second kappa shape index (κ2) is 7.14. The molecule has 4 heteroatoms. The number of hydrogen-bond donors (Lipinski definition) is 1. The van der Waals surface area contributed by atoms with Gasteiger partial charge in [-0.25, -0.2) is 0 Å². The standard InChI is InChI=1S/C15H23NO3/c1-11-6-5-7-14(10-11)19-13(3)15(18)16(4)9-8-12(2)17/h5-7,10,12-13,17H,8-9H2,1-4H3. The molecule has 0 aliphatic heterocycles. The quantitative estimate of drug-likeness (QED) is 0.855. The van der Waals surface area contributed by atoms with Crippen LogP contribution >= 0.6 is 0 Å². The number of rotatable bonds is 6. The van der Waals surface area contributed by atoms with Gasteiger partial charge in [-0.15, -0.1) is 0 Å². The van der Waals surface area contributed by atoms with Gasteiger partial charge in [0.05, 0.1) is 6.10 Å². The molecular weight excluding hydrogens is 242 g/mol. The minimum atomic E-state index is -0.527. The third-order valence-electron chi connectivity index (χ3n) is 2.91. The number of likely N-dealkylation sites (N-methyl/N-ethyl adjacent to an activating group) is 1. The molecule has 0 radical (unpaired) electrons. The van der Waals surface area contributed by atoms with Gasteiger partial charge < -0.3 is 14.7 Å². The van der Waals surface area contributed by atoms with Crippen LogP contribution in [0.3, 0.4) is 0 Å². The van der Waals surface area contributed by atoms with E-state index in [1.165, 1.54) is 0 Å². The number of amides is 1. The van der Waals surface area contributed by atoms with Gasteiger partial charge in [0.2, 0.25) is 0 Å². The van der Waals surface area contributed by atoms with E-state index in [0.29, 0.717) is 18.7 Å². The molecule has 1 amide bonds. The largest absolute Gasteiger partial charge is 0.481 e. The fourth-order valence-corrected chi connectivity index (χ4v) is 1.74. The molecule has 0 aliphatic rings. The molecule has 0 heterocycles. The average Bonchev–Trinajstić information content (AvgIpc) is 2.34. The number of carbonyl (C=O) groups is 1. The van der Waals surface area contributed by atoms with Crippen LogP contribution in [0.25, 0.3) is 0 Å². The Morgan fingerprint density at radius 3 is 2.68 bits per heavy atom. The molecule has 2 atom stereocenters. The molecule has 2 unspecified atom stereocenters. The second-order valence-electron chi connectivity index (χ2n) is 4.97. The normalized spacial score (nSPS) is 13.7. The van der Waals surface area contributed by atoms with Crippen molar-refractivity contribution in [2.75, 3.05) is 13.6 Å². The Labute approximate surface area is 115 Å². The lowest BCUT2D eigenvalue weighted by Crippen LogP contribution is -2.39. The van der Waals surface area contributed by atoms with E-state index >= 15 is 0 Å². The third-order valence-corrected chi connectivity index (χ3v) is 2.91. The van der Waals surface area contributed by atoms with Crippen molar-refractivity contribution in [3.63, 3.8) is 0 Å². The van der Waals surface area contributed by atoms with Crippen LogP contribution in [0.5, 0.6) is 5.75 Å². The molecular formula is C15H23NO3. The highest BCUT2D eigenvalue weighted by Gasteiger charge is 2.19. The maximum Gasteiger partial charge on any atom is 0.263 e. The number of aliphatic hydroxyl groups excluding tert-OH is 1. The molecule has 106 valence electrons. The summed E-state index contributed by atoms with van der Waals surface area (Å²) in [6.45, 7) is 5.96. The molecule has 1 rings (SSSR count). The lowest BCUT2D eigenvalue weighted by atomic mass is 10.2. The van der Waals surface area contributed by atoms with Gasteiger partial charge in [-0.3, -0.25) is 4.79 Å². The number of nitrogens with zero attached hydrogens (tertiary/aromatic N) is 1. The molecule has 1 aromatic carbocycles. The molecule has 1 N–H and O–H groups in total. The number of ether oxygens (including phenoxy) is 1. The number of carbonyl (C=O) groups excluding carboxylic acids is 1. The van der Waals surface area contributed by atoms with Gasteiger partial charge in [-0.1, -0.05) is 12.1 Å². The highest BCUT2D eigenvalue weighted by Crippen LogP contribution is 2.14. The summed E-state index contributed by atoms with van der Waals surface area (Å²) in [6.07, 6.45) is -0.358. The SMILES string of the molecule is Cc1cccc(OC(C)C(=O)N(C)CCC(C)O)c1. The van der Waals surface area contributed by atoms with Crippen molar-refractivity contribution >= 4 is 5.91 Å². The van der Waals surface area contributed by atoms with Crippen molar-refractivity contribution in [1.82, 2.24) is 4.90 Å². The number of aliphatic hydroxyl groups is 1.